The number of H-pyrrole nitrogens is 1. The second kappa shape index (κ2) is 7.18. The Morgan fingerprint density at radius 3 is 2.62 bits per heavy atom. The van der Waals surface area contributed by atoms with Gasteiger partial charge in [0.15, 0.2) is 0 Å². The number of aromatic amines is 1. The van der Waals surface area contributed by atoms with Crippen LogP contribution in [0.3, 0.4) is 0 Å². The highest BCUT2D eigenvalue weighted by Crippen LogP contribution is 2.05. The van der Waals surface area contributed by atoms with Gasteiger partial charge in [-0.05, 0) is 24.1 Å². The predicted octanol–water partition coefficient (Wildman–Crippen LogP) is 1.24. The van der Waals surface area contributed by atoms with Crippen molar-refractivity contribution in [1.82, 2.24) is 15.5 Å². The number of carbonyl (C=O) groups excluding carboxylic acids is 2. The normalized spacial score (nSPS) is 10.1. The topological polar surface area (TPSA) is 86.9 Å². The Bertz CT molecular complexity index is 596. The molecule has 1 heterocycles. The van der Waals surface area contributed by atoms with Crippen molar-refractivity contribution in [3.63, 3.8) is 0 Å². The molecule has 2 rings (SSSR count). The van der Waals surface area contributed by atoms with Crippen molar-refractivity contribution in [2.24, 2.45) is 0 Å². The second-order valence-corrected chi connectivity index (χ2v) is 4.44. The molecular formula is C14H15FN4O2. The van der Waals surface area contributed by atoms with Crippen LogP contribution in [0.25, 0.3) is 0 Å². The number of aromatic nitrogens is 2. The number of rotatable bonds is 6. The van der Waals surface area contributed by atoms with Gasteiger partial charge in [0.2, 0.25) is 11.8 Å². The van der Waals surface area contributed by atoms with Gasteiger partial charge in [0, 0.05) is 12.6 Å². The second-order valence-electron chi connectivity index (χ2n) is 4.44. The summed E-state index contributed by atoms with van der Waals surface area (Å²) in [7, 11) is 0. The summed E-state index contributed by atoms with van der Waals surface area (Å²) in [4.78, 5) is 23.1. The lowest BCUT2D eigenvalue weighted by atomic mass is 10.1. The standard InChI is InChI=1S/C14H15FN4O2/c15-11-4-1-10(2-5-11)3-6-13(20)16-9-14(21)19-12-7-17-18-8-12/h1-2,4-5,7-8H,3,6,9H2,(H,16,20)(H,17,18)(H,19,21). The Labute approximate surface area is 120 Å². The summed E-state index contributed by atoms with van der Waals surface area (Å²) in [6, 6.07) is 5.97. The fraction of sp³-hybridized carbons (Fsp3) is 0.214. The smallest absolute Gasteiger partial charge is 0.243 e. The molecule has 110 valence electrons. The van der Waals surface area contributed by atoms with Crippen LogP contribution < -0.4 is 10.6 Å². The van der Waals surface area contributed by atoms with Gasteiger partial charge in [0.25, 0.3) is 0 Å². The van der Waals surface area contributed by atoms with E-state index in [1.54, 1.807) is 12.1 Å². The van der Waals surface area contributed by atoms with Gasteiger partial charge in [0.05, 0.1) is 18.4 Å². The van der Waals surface area contributed by atoms with Gasteiger partial charge >= 0.3 is 0 Å². The van der Waals surface area contributed by atoms with Crippen LogP contribution in [-0.4, -0.2) is 28.6 Å². The summed E-state index contributed by atoms with van der Waals surface area (Å²) in [6.07, 6.45) is 3.74. The molecule has 0 radical (unpaired) electrons. The number of halogens is 1. The van der Waals surface area contributed by atoms with E-state index in [4.69, 9.17) is 0 Å². The minimum Gasteiger partial charge on any atom is -0.347 e. The molecule has 1 aromatic carbocycles. The SMILES string of the molecule is O=C(CCc1ccc(F)cc1)NCC(=O)Nc1cn[nH]c1. The molecule has 0 bridgehead atoms. The summed E-state index contributed by atoms with van der Waals surface area (Å²) >= 11 is 0. The van der Waals surface area contributed by atoms with Crippen LogP contribution in [0.5, 0.6) is 0 Å². The van der Waals surface area contributed by atoms with Crippen molar-refractivity contribution in [2.45, 2.75) is 12.8 Å². The minimum absolute atomic E-state index is 0.104. The molecule has 21 heavy (non-hydrogen) atoms. The predicted molar refractivity (Wildman–Crippen MR) is 74.9 cm³/mol. The van der Waals surface area contributed by atoms with Crippen molar-refractivity contribution in [1.29, 1.82) is 0 Å². The van der Waals surface area contributed by atoms with E-state index >= 15 is 0 Å². The molecule has 2 aromatic rings. The van der Waals surface area contributed by atoms with E-state index in [2.05, 4.69) is 20.8 Å². The first-order valence-corrected chi connectivity index (χ1v) is 6.43. The van der Waals surface area contributed by atoms with Crippen LogP contribution >= 0.6 is 0 Å². The molecule has 0 spiro atoms. The fourth-order valence-corrected chi connectivity index (χ4v) is 1.70. The van der Waals surface area contributed by atoms with E-state index < -0.39 is 0 Å². The fourth-order valence-electron chi connectivity index (χ4n) is 1.70. The van der Waals surface area contributed by atoms with E-state index in [0.717, 1.165) is 5.56 Å². The van der Waals surface area contributed by atoms with Gasteiger partial charge in [-0.3, -0.25) is 14.7 Å². The zero-order chi connectivity index (χ0) is 15.1. The van der Waals surface area contributed by atoms with Gasteiger partial charge in [-0.15, -0.1) is 0 Å². The first kappa shape index (κ1) is 14.7. The maximum atomic E-state index is 12.7. The number of benzene rings is 1. The lowest BCUT2D eigenvalue weighted by Crippen LogP contribution is -2.32. The third kappa shape index (κ3) is 5.06. The molecule has 6 nitrogen and oxygen atoms in total. The quantitative estimate of drug-likeness (QED) is 0.748. The molecule has 0 saturated carbocycles. The van der Waals surface area contributed by atoms with Gasteiger partial charge in [-0.2, -0.15) is 5.10 Å². The number of hydrogen-bond donors (Lipinski definition) is 3. The molecule has 0 unspecified atom stereocenters. The first-order valence-electron chi connectivity index (χ1n) is 6.43. The Morgan fingerprint density at radius 2 is 1.95 bits per heavy atom. The summed E-state index contributed by atoms with van der Waals surface area (Å²) in [6.45, 7) is -0.104. The Kier molecular flexibility index (Phi) is 5.03. The van der Waals surface area contributed by atoms with Crippen LogP contribution in [0.4, 0.5) is 10.1 Å². The Hall–Kier alpha value is -2.70. The van der Waals surface area contributed by atoms with Crippen molar-refractivity contribution in [3.8, 4) is 0 Å². The van der Waals surface area contributed by atoms with Gasteiger partial charge in [-0.1, -0.05) is 12.1 Å². The zero-order valence-electron chi connectivity index (χ0n) is 11.2. The summed E-state index contributed by atoms with van der Waals surface area (Å²) in [5.74, 6) is -0.868. The van der Waals surface area contributed by atoms with Crippen LogP contribution in [0, 0.1) is 5.82 Å². The van der Waals surface area contributed by atoms with Crippen molar-refractivity contribution in [3.05, 3.63) is 48.0 Å². The first-order chi connectivity index (χ1) is 10.1. The van der Waals surface area contributed by atoms with Crippen molar-refractivity contribution in [2.75, 3.05) is 11.9 Å². The van der Waals surface area contributed by atoms with E-state index in [1.165, 1.54) is 24.5 Å². The largest absolute Gasteiger partial charge is 0.347 e. The van der Waals surface area contributed by atoms with E-state index in [9.17, 15) is 14.0 Å². The number of anilines is 1. The lowest BCUT2D eigenvalue weighted by Gasteiger charge is -2.05. The maximum Gasteiger partial charge on any atom is 0.243 e. The van der Waals surface area contributed by atoms with Gasteiger partial charge < -0.3 is 10.6 Å². The number of amides is 2. The average Bonchev–Trinajstić information content (AvgIpc) is 2.97. The van der Waals surface area contributed by atoms with Crippen LogP contribution in [0.2, 0.25) is 0 Å². The number of nitrogens with one attached hydrogen (secondary N) is 3. The molecule has 0 atom stereocenters. The highest BCUT2D eigenvalue weighted by Gasteiger charge is 2.07. The lowest BCUT2D eigenvalue weighted by molar-refractivity contribution is -0.124. The van der Waals surface area contributed by atoms with Gasteiger partial charge in [0.1, 0.15) is 5.82 Å². The third-order valence-electron chi connectivity index (χ3n) is 2.78. The number of nitrogens with zero attached hydrogens (tertiary/aromatic N) is 1. The maximum absolute atomic E-state index is 12.7. The average molecular weight is 290 g/mol. The van der Waals surface area contributed by atoms with E-state index in [1.807, 2.05) is 0 Å². The molecule has 0 aliphatic heterocycles. The molecule has 3 N–H and O–H groups in total. The molecule has 1 aromatic heterocycles. The molecule has 0 aliphatic rings. The number of carbonyl (C=O) groups is 2. The highest BCUT2D eigenvalue weighted by molar-refractivity contribution is 5.94. The summed E-state index contributed by atoms with van der Waals surface area (Å²) in [5.41, 5.74) is 1.41. The highest BCUT2D eigenvalue weighted by atomic mass is 19.1. The minimum atomic E-state index is -0.327. The summed E-state index contributed by atoms with van der Waals surface area (Å²) in [5, 5.41) is 11.3. The van der Waals surface area contributed by atoms with E-state index in [0.29, 0.717) is 12.1 Å². The van der Waals surface area contributed by atoms with Crippen LogP contribution in [0.15, 0.2) is 36.7 Å². The van der Waals surface area contributed by atoms with Gasteiger partial charge in [-0.25, -0.2) is 4.39 Å². The molecule has 7 heteroatoms. The molecule has 2 amide bonds. The van der Waals surface area contributed by atoms with E-state index in [-0.39, 0.29) is 30.6 Å². The molecule has 0 aliphatic carbocycles. The number of aryl methyl sites for hydroxylation is 1. The monoisotopic (exact) mass is 290 g/mol. The molecular weight excluding hydrogens is 275 g/mol. The summed E-state index contributed by atoms with van der Waals surface area (Å²) < 4.78 is 12.7. The third-order valence-corrected chi connectivity index (χ3v) is 2.78. The number of hydrogen-bond acceptors (Lipinski definition) is 3. The molecule has 0 fully saturated rings. The van der Waals surface area contributed by atoms with Crippen molar-refractivity contribution < 1.29 is 14.0 Å². The molecule has 0 saturated heterocycles. The van der Waals surface area contributed by atoms with Crippen LogP contribution in [-0.2, 0) is 16.0 Å². The zero-order valence-corrected chi connectivity index (χ0v) is 11.2. The van der Waals surface area contributed by atoms with Crippen LogP contribution in [0.1, 0.15) is 12.0 Å². The Balaban J connectivity index is 1.67. The Morgan fingerprint density at radius 1 is 1.19 bits per heavy atom. The van der Waals surface area contributed by atoms with Crippen molar-refractivity contribution >= 4 is 17.5 Å².